The fourth-order valence-electron chi connectivity index (χ4n) is 4.35. The topological polar surface area (TPSA) is 61.9 Å². The lowest BCUT2D eigenvalue weighted by molar-refractivity contribution is -0.149. The highest BCUT2D eigenvalue weighted by Crippen LogP contribution is 2.43. The summed E-state index contributed by atoms with van der Waals surface area (Å²) in [7, 11) is 0. The van der Waals surface area contributed by atoms with Crippen molar-refractivity contribution in [2.75, 3.05) is 45.8 Å². The molecule has 0 aromatic carbocycles. The van der Waals surface area contributed by atoms with E-state index >= 15 is 0 Å². The average molecular weight is 349 g/mol. The second-order valence-corrected chi connectivity index (χ2v) is 7.48. The van der Waals surface area contributed by atoms with Crippen LogP contribution in [0, 0.1) is 0 Å². The molecule has 6 nitrogen and oxygen atoms in total. The van der Waals surface area contributed by atoms with Crippen LogP contribution in [0.5, 0.6) is 0 Å². The van der Waals surface area contributed by atoms with Gasteiger partial charge in [0.25, 0.3) is 5.91 Å². The van der Waals surface area contributed by atoms with Crippen molar-refractivity contribution < 1.29 is 14.3 Å². The van der Waals surface area contributed by atoms with Crippen LogP contribution >= 0.6 is 0 Å². The van der Waals surface area contributed by atoms with Gasteiger partial charge in [0.05, 0.1) is 5.57 Å². The molecule has 3 rings (SSSR count). The summed E-state index contributed by atoms with van der Waals surface area (Å²) in [6.07, 6.45) is 4.73. The standard InChI is InChI=1S/C19H31N3O3/c1-3-21-11-13-22(14-12-21)10-9-20-17(23)16-15(2)18(24)25-19(16)7-5-4-6-8-19/h3-14H2,1-2H3,(H,20,23). The summed E-state index contributed by atoms with van der Waals surface area (Å²) in [4.78, 5) is 29.7. The number of nitrogens with zero attached hydrogens (tertiary/aromatic N) is 2. The molecule has 2 aliphatic heterocycles. The molecule has 1 aliphatic carbocycles. The highest BCUT2D eigenvalue weighted by atomic mass is 16.6. The van der Waals surface area contributed by atoms with Crippen LogP contribution in [0.15, 0.2) is 11.1 Å². The predicted octanol–water partition coefficient (Wildman–Crippen LogP) is 1.32. The number of nitrogens with one attached hydrogen (secondary N) is 1. The lowest BCUT2D eigenvalue weighted by atomic mass is 9.78. The smallest absolute Gasteiger partial charge is 0.335 e. The van der Waals surface area contributed by atoms with E-state index in [-0.39, 0.29) is 11.9 Å². The summed E-state index contributed by atoms with van der Waals surface area (Å²) in [5.74, 6) is -0.430. The molecule has 2 fully saturated rings. The molecule has 2 heterocycles. The molecule has 0 aromatic rings. The average Bonchev–Trinajstić information content (AvgIpc) is 2.86. The largest absolute Gasteiger partial charge is 0.451 e. The van der Waals surface area contributed by atoms with Crippen molar-refractivity contribution in [3.63, 3.8) is 0 Å². The van der Waals surface area contributed by atoms with Crippen molar-refractivity contribution in [1.82, 2.24) is 15.1 Å². The number of carbonyl (C=O) groups is 2. The van der Waals surface area contributed by atoms with Gasteiger partial charge in [-0.3, -0.25) is 9.69 Å². The van der Waals surface area contributed by atoms with Gasteiger partial charge in [-0.05, 0) is 39.2 Å². The van der Waals surface area contributed by atoms with E-state index in [9.17, 15) is 9.59 Å². The van der Waals surface area contributed by atoms with E-state index < -0.39 is 5.60 Å². The maximum Gasteiger partial charge on any atom is 0.335 e. The third-order valence-electron chi connectivity index (χ3n) is 5.94. The van der Waals surface area contributed by atoms with E-state index in [1.807, 2.05) is 0 Å². The molecule has 0 bridgehead atoms. The van der Waals surface area contributed by atoms with Gasteiger partial charge >= 0.3 is 5.97 Å². The maximum absolute atomic E-state index is 12.8. The second kappa shape index (κ2) is 7.87. The number of hydrogen-bond acceptors (Lipinski definition) is 5. The van der Waals surface area contributed by atoms with Crippen molar-refractivity contribution in [1.29, 1.82) is 0 Å². The van der Waals surface area contributed by atoms with E-state index in [0.29, 0.717) is 17.7 Å². The number of piperazine rings is 1. The van der Waals surface area contributed by atoms with Crippen molar-refractivity contribution >= 4 is 11.9 Å². The van der Waals surface area contributed by atoms with Crippen LogP contribution in [0.4, 0.5) is 0 Å². The highest BCUT2D eigenvalue weighted by molar-refractivity contribution is 6.07. The normalized spacial score (nSPS) is 24.6. The Morgan fingerprint density at radius 2 is 1.76 bits per heavy atom. The van der Waals surface area contributed by atoms with Gasteiger partial charge in [-0.1, -0.05) is 13.3 Å². The van der Waals surface area contributed by atoms with Crippen molar-refractivity contribution in [2.24, 2.45) is 0 Å². The van der Waals surface area contributed by atoms with Crippen LogP contribution in [0.3, 0.4) is 0 Å². The molecule has 6 heteroatoms. The Bertz CT molecular complexity index is 544. The number of likely N-dealkylation sites (N-methyl/N-ethyl adjacent to an activating group) is 1. The zero-order valence-electron chi connectivity index (χ0n) is 15.6. The minimum atomic E-state index is -0.656. The van der Waals surface area contributed by atoms with Gasteiger partial charge < -0.3 is 15.0 Å². The first-order valence-corrected chi connectivity index (χ1v) is 9.73. The molecule has 0 aromatic heterocycles. The Labute approximate surface area is 150 Å². The summed E-state index contributed by atoms with van der Waals surface area (Å²) in [5, 5.41) is 3.04. The van der Waals surface area contributed by atoms with Crippen molar-refractivity contribution in [3.8, 4) is 0 Å². The number of ether oxygens (including phenoxy) is 1. The van der Waals surface area contributed by atoms with Crippen LogP contribution in [-0.4, -0.2) is 73.1 Å². The highest BCUT2D eigenvalue weighted by Gasteiger charge is 2.49. The SMILES string of the molecule is CCN1CCN(CCNC(=O)C2=C(C)C(=O)OC23CCCCC3)CC1. The molecule has 1 amide bonds. The Kier molecular flexibility index (Phi) is 5.79. The number of hydrogen-bond donors (Lipinski definition) is 1. The summed E-state index contributed by atoms with van der Waals surface area (Å²) in [6.45, 7) is 10.8. The maximum atomic E-state index is 12.8. The van der Waals surface area contributed by atoms with Crippen LogP contribution in [0.2, 0.25) is 0 Å². The van der Waals surface area contributed by atoms with Crippen molar-refractivity contribution in [3.05, 3.63) is 11.1 Å². The van der Waals surface area contributed by atoms with Crippen LogP contribution in [0.1, 0.15) is 46.0 Å². The lowest BCUT2D eigenvalue weighted by Crippen LogP contribution is -2.48. The minimum Gasteiger partial charge on any atom is -0.451 e. The van der Waals surface area contributed by atoms with Gasteiger partial charge in [-0.15, -0.1) is 0 Å². The lowest BCUT2D eigenvalue weighted by Gasteiger charge is -2.35. The first-order valence-electron chi connectivity index (χ1n) is 9.73. The molecule has 0 unspecified atom stereocenters. The van der Waals surface area contributed by atoms with Gasteiger partial charge in [0.15, 0.2) is 0 Å². The van der Waals surface area contributed by atoms with Gasteiger partial charge in [-0.2, -0.15) is 0 Å². The molecule has 1 saturated carbocycles. The minimum absolute atomic E-state index is 0.113. The second-order valence-electron chi connectivity index (χ2n) is 7.48. The summed E-state index contributed by atoms with van der Waals surface area (Å²) >= 11 is 0. The molecule has 0 atom stereocenters. The quantitative estimate of drug-likeness (QED) is 0.759. The first kappa shape index (κ1) is 18.4. The Morgan fingerprint density at radius 1 is 1.12 bits per heavy atom. The molecule has 3 aliphatic rings. The predicted molar refractivity (Wildman–Crippen MR) is 96.2 cm³/mol. The zero-order chi connectivity index (χ0) is 17.9. The monoisotopic (exact) mass is 349 g/mol. The number of rotatable bonds is 5. The third-order valence-corrected chi connectivity index (χ3v) is 5.94. The molecule has 1 spiro atoms. The van der Waals surface area contributed by atoms with Gasteiger partial charge in [-0.25, -0.2) is 4.79 Å². The van der Waals surface area contributed by atoms with E-state index in [0.717, 1.165) is 71.4 Å². The number of carbonyl (C=O) groups excluding carboxylic acids is 2. The van der Waals surface area contributed by atoms with Gasteiger partial charge in [0.2, 0.25) is 0 Å². The molecule has 140 valence electrons. The van der Waals surface area contributed by atoms with Crippen molar-refractivity contribution in [2.45, 2.75) is 51.6 Å². The molecule has 1 N–H and O–H groups in total. The van der Waals surface area contributed by atoms with E-state index in [4.69, 9.17) is 4.74 Å². The first-order chi connectivity index (χ1) is 12.1. The number of amides is 1. The number of esters is 1. The molecular formula is C19H31N3O3. The van der Waals surface area contributed by atoms with Gasteiger partial charge in [0.1, 0.15) is 5.60 Å². The van der Waals surface area contributed by atoms with Crippen LogP contribution in [-0.2, 0) is 14.3 Å². The van der Waals surface area contributed by atoms with E-state index in [1.165, 1.54) is 0 Å². The van der Waals surface area contributed by atoms with Crippen LogP contribution in [0.25, 0.3) is 0 Å². The molecular weight excluding hydrogens is 318 g/mol. The Balaban J connectivity index is 1.54. The van der Waals surface area contributed by atoms with E-state index in [1.54, 1.807) is 6.92 Å². The zero-order valence-corrected chi connectivity index (χ0v) is 15.6. The Hall–Kier alpha value is -1.40. The molecule has 25 heavy (non-hydrogen) atoms. The fraction of sp³-hybridized carbons (Fsp3) is 0.789. The summed E-state index contributed by atoms with van der Waals surface area (Å²) in [5.41, 5.74) is 0.431. The summed E-state index contributed by atoms with van der Waals surface area (Å²) < 4.78 is 5.67. The van der Waals surface area contributed by atoms with Crippen LogP contribution < -0.4 is 5.32 Å². The third kappa shape index (κ3) is 3.90. The van der Waals surface area contributed by atoms with Gasteiger partial charge in [0, 0.05) is 44.8 Å². The molecule has 0 radical (unpaired) electrons. The fourth-order valence-corrected chi connectivity index (χ4v) is 4.35. The summed E-state index contributed by atoms with van der Waals surface area (Å²) in [6, 6.07) is 0. The van der Waals surface area contributed by atoms with E-state index in [2.05, 4.69) is 22.0 Å². The Morgan fingerprint density at radius 3 is 2.40 bits per heavy atom. The molecule has 1 saturated heterocycles.